The van der Waals surface area contributed by atoms with Crippen LogP contribution in [0.4, 0.5) is 4.39 Å². The Balaban J connectivity index is 2.10. The fourth-order valence-electron chi connectivity index (χ4n) is 2.36. The summed E-state index contributed by atoms with van der Waals surface area (Å²) in [5.74, 6) is -0.264. The molecule has 0 amide bonds. The monoisotopic (exact) mass is 272 g/mol. The number of sulfonamides is 1. The summed E-state index contributed by atoms with van der Waals surface area (Å²) in [5, 5.41) is 7.70. The molecule has 1 aromatic carbocycles. The fourth-order valence-corrected chi connectivity index (χ4v) is 3.15. The minimum Gasteiger partial charge on any atom is -0.309 e. The van der Waals surface area contributed by atoms with Gasteiger partial charge in [0.2, 0.25) is 10.0 Å². The SMILES string of the molecule is Cc1cc(F)cc(C2CCC(S(N)(=O)=O)CN2)c1. The first-order chi connectivity index (χ1) is 8.36. The highest BCUT2D eigenvalue weighted by atomic mass is 32.2. The van der Waals surface area contributed by atoms with E-state index in [0.717, 1.165) is 11.1 Å². The molecule has 2 unspecified atom stereocenters. The Bertz CT molecular complexity index is 517. The van der Waals surface area contributed by atoms with E-state index in [2.05, 4.69) is 5.32 Å². The van der Waals surface area contributed by atoms with Crippen molar-refractivity contribution in [1.29, 1.82) is 0 Å². The highest BCUT2D eigenvalue weighted by molar-refractivity contribution is 7.89. The average molecular weight is 272 g/mol. The van der Waals surface area contributed by atoms with Gasteiger partial charge < -0.3 is 5.32 Å². The number of hydrogen-bond acceptors (Lipinski definition) is 3. The van der Waals surface area contributed by atoms with Gasteiger partial charge >= 0.3 is 0 Å². The maximum absolute atomic E-state index is 13.3. The molecule has 2 rings (SSSR count). The molecule has 0 bridgehead atoms. The smallest absolute Gasteiger partial charge is 0.213 e. The molecule has 4 nitrogen and oxygen atoms in total. The van der Waals surface area contributed by atoms with Gasteiger partial charge in [-0.2, -0.15) is 0 Å². The van der Waals surface area contributed by atoms with Crippen molar-refractivity contribution in [3.8, 4) is 0 Å². The third-order valence-corrected chi connectivity index (χ3v) is 4.63. The lowest BCUT2D eigenvalue weighted by molar-refractivity contribution is 0.406. The second-order valence-electron chi connectivity index (χ2n) is 4.81. The van der Waals surface area contributed by atoms with Crippen molar-refractivity contribution in [3.05, 3.63) is 35.1 Å². The zero-order valence-electron chi connectivity index (χ0n) is 10.2. The molecule has 0 aromatic heterocycles. The Kier molecular flexibility index (Phi) is 3.70. The third kappa shape index (κ3) is 3.07. The van der Waals surface area contributed by atoms with Gasteiger partial charge in [0.05, 0.1) is 5.25 Å². The molecule has 6 heteroatoms. The fraction of sp³-hybridized carbons (Fsp3) is 0.500. The zero-order chi connectivity index (χ0) is 13.3. The van der Waals surface area contributed by atoms with Crippen molar-refractivity contribution in [2.75, 3.05) is 6.54 Å². The predicted octanol–water partition coefficient (Wildman–Crippen LogP) is 1.22. The molecule has 0 aliphatic carbocycles. The number of aryl methyl sites for hydroxylation is 1. The number of halogens is 1. The van der Waals surface area contributed by atoms with Gasteiger partial charge in [0.1, 0.15) is 5.82 Å². The molecule has 1 fully saturated rings. The average Bonchev–Trinajstić information content (AvgIpc) is 2.27. The largest absolute Gasteiger partial charge is 0.309 e. The van der Waals surface area contributed by atoms with Crippen LogP contribution in [0.25, 0.3) is 0 Å². The molecule has 1 aliphatic heterocycles. The van der Waals surface area contributed by atoms with E-state index in [0.29, 0.717) is 19.4 Å². The molecule has 1 aromatic rings. The van der Waals surface area contributed by atoms with E-state index in [1.54, 1.807) is 0 Å². The van der Waals surface area contributed by atoms with Crippen molar-refractivity contribution >= 4 is 10.0 Å². The van der Waals surface area contributed by atoms with Crippen molar-refractivity contribution < 1.29 is 12.8 Å². The maximum atomic E-state index is 13.3. The zero-order valence-corrected chi connectivity index (χ0v) is 11.0. The van der Waals surface area contributed by atoms with Gasteiger partial charge in [-0.1, -0.05) is 6.07 Å². The summed E-state index contributed by atoms with van der Waals surface area (Å²) in [4.78, 5) is 0. The maximum Gasteiger partial charge on any atom is 0.213 e. The number of hydrogen-bond donors (Lipinski definition) is 2. The van der Waals surface area contributed by atoms with Gasteiger partial charge in [0, 0.05) is 12.6 Å². The first kappa shape index (κ1) is 13.5. The third-order valence-electron chi connectivity index (χ3n) is 3.30. The summed E-state index contributed by atoms with van der Waals surface area (Å²) in [6.07, 6.45) is 1.15. The van der Waals surface area contributed by atoms with Crippen LogP contribution < -0.4 is 10.5 Å². The highest BCUT2D eigenvalue weighted by Crippen LogP contribution is 2.26. The van der Waals surface area contributed by atoms with Crippen LogP contribution in [0.1, 0.15) is 30.0 Å². The molecule has 0 spiro atoms. The van der Waals surface area contributed by atoms with Crippen molar-refractivity contribution in [2.45, 2.75) is 31.1 Å². The minimum absolute atomic E-state index is 0.00241. The molecule has 1 aliphatic rings. The van der Waals surface area contributed by atoms with Crippen molar-refractivity contribution in [3.63, 3.8) is 0 Å². The van der Waals surface area contributed by atoms with Crippen LogP contribution in [0.15, 0.2) is 18.2 Å². The van der Waals surface area contributed by atoms with Crippen LogP contribution in [0, 0.1) is 12.7 Å². The van der Waals surface area contributed by atoms with E-state index in [1.165, 1.54) is 12.1 Å². The number of rotatable bonds is 2. The normalized spacial score (nSPS) is 25.1. The lowest BCUT2D eigenvalue weighted by atomic mass is 9.96. The van der Waals surface area contributed by atoms with E-state index in [1.807, 2.05) is 13.0 Å². The summed E-state index contributed by atoms with van der Waals surface area (Å²) < 4.78 is 35.7. The molecule has 18 heavy (non-hydrogen) atoms. The van der Waals surface area contributed by atoms with Crippen LogP contribution in [0.2, 0.25) is 0 Å². The van der Waals surface area contributed by atoms with Crippen LogP contribution >= 0.6 is 0 Å². The van der Waals surface area contributed by atoms with Crippen LogP contribution in [-0.4, -0.2) is 20.2 Å². The first-order valence-corrected chi connectivity index (χ1v) is 7.49. The lowest BCUT2D eigenvalue weighted by Crippen LogP contribution is -2.43. The Morgan fingerprint density at radius 3 is 2.56 bits per heavy atom. The standard InChI is InChI=1S/C12H17FN2O2S/c1-8-4-9(6-10(13)5-8)12-3-2-11(7-15-12)18(14,16)17/h4-6,11-12,15H,2-3,7H2,1H3,(H2,14,16,17). The molecule has 0 radical (unpaired) electrons. The van der Waals surface area contributed by atoms with Crippen LogP contribution in [-0.2, 0) is 10.0 Å². The molecule has 3 N–H and O–H groups in total. The van der Waals surface area contributed by atoms with Crippen LogP contribution in [0.5, 0.6) is 0 Å². The van der Waals surface area contributed by atoms with Gasteiger partial charge in [-0.05, 0) is 43.0 Å². The molecule has 100 valence electrons. The summed E-state index contributed by atoms with van der Waals surface area (Å²) in [6.45, 7) is 2.15. The second kappa shape index (κ2) is 4.95. The molecule has 2 atom stereocenters. The van der Waals surface area contributed by atoms with E-state index >= 15 is 0 Å². The molecule has 1 saturated heterocycles. The molecular formula is C12H17FN2O2S. The second-order valence-corrected chi connectivity index (χ2v) is 6.66. The van der Waals surface area contributed by atoms with Crippen molar-refractivity contribution in [2.24, 2.45) is 5.14 Å². The summed E-state index contributed by atoms with van der Waals surface area (Å²) in [5.41, 5.74) is 1.72. The van der Waals surface area contributed by atoms with E-state index in [9.17, 15) is 12.8 Å². The Labute approximate surface area is 106 Å². The van der Waals surface area contributed by atoms with E-state index in [4.69, 9.17) is 5.14 Å². The highest BCUT2D eigenvalue weighted by Gasteiger charge is 2.28. The Hall–Kier alpha value is -0.980. The minimum atomic E-state index is -3.48. The van der Waals surface area contributed by atoms with Crippen molar-refractivity contribution in [1.82, 2.24) is 5.32 Å². The van der Waals surface area contributed by atoms with Crippen LogP contribution in [0.3, 0.4) is 0 Å². The molecule has 0 saturated carbocycles. The number of primary sulfonamides is 1. The van der Waals surface area contributed by atoms with Gasteiger partial charge in [0.15, 0.2) is 0 Å². The lowest BCUT2D eigenvalue weighted by Gasteiger charge is -2.29. The van der Waals surface area contributed by atoms with E-state index < -0.39 is 15.3 Å². The number of nitrogens with one attached hydrogen (secondary N) is 1. The Morgan fingerprint density at radius 2 is 2.06 bits per heavy atom. The summed E-state index contributed by atoms with van der Waals surface area (Å²) in [7, 11) is -3.48. The topological polar surface area (TPSA) is 72.2 Å². The molecule has 1 heterocycles. The number of piperidine rings is 1. The predicted molar refractivity (Wildman–Crippen MR) is 68.0 cm³/mol. The Morgan fingerprint density at radius 1 is 1.33 bits per heavy atom. The number of nitrogens with two attached hydrogens (primary N) is 1. The quantitative estimate of drug-likeness (QED) is 0.850. The summed E-state index contributed by atoms with van der Waals surface area (Å²) >= 11 is 0. The van der Waals surface area contributed by atoms with Gasteiger partial charge in [-0.25, -0.2) is 17.9 Å². The van der Waals surface area contributed by atoms with Gasteiger partial charge in [0.25, 0.3) is 0 Å². The van der Waals surface area contributed by atoms with E-state index in [-0.39, 0.29) is 11.9 Å². The molecular weight excluding hydrogens is 255 g/mol. The summed E-state index contributed by atoms with van der Waals surface area (Å²) in [6, 6.07) is 4.87. The van der Waals surface area contributed by atoms with Gasteiger partial charge in [-0.3, -0.25) is 0 Å². The number of benzene rings is 1. The van der Waals surface area contributed by atoms with Gasteiger partial charge in [-0.15, -0.1) is 0 Å². The first-order valence-electron chi connectivity index (χ1n) is 5.88.